The normalized spacial score (nSPS) is 15.5. The van der Waals surface area contributed by atoms with E-state index >= 15 is 0 Å². The molecule has 1 atom stereocenters. The van der Waals surface area contributed by atoms with Crippen molar-refractivity contribution >= 4 is 23.5 Å². The lowest BCUT2D eigenvalue weighted by Crippen LogP contribution is -2.31. The third-order valence-electron chi connectivity index (χ3n) is 4.72. The van der Waals surface area contributed by atoms with E-state index in [9.17, 15) is 9.59 Å². The van der Waals surface area contributed by atoms with Crippen molar-refractivity contribution in [1.29, 1.82) is 0 Å². The van der Waals surface area contributed by atoms with E-state index in [0.717, 1.165) is 0 Å². The first-order valence-corrected chi connectivity index (χ1v) is 10.6. The van der Waals surface area contributed by atoms with Crippen molar-refractivity contribution in [3.8, 4) is 11.5 Å². The Morgan fingerprint density at radius 2 is 1.90 bits per heavy atom. The monoisotopic (exact) mass is 431 g/mol. The predicted octanol–water partition coefficient (Wildman–Crippen LogP) is 3.29. The number of ether oxygens (including phenoxy) is 3. The summed E-state index contributed by atoms with van der Waals surface area (Å²) in [5, 5.41) is 3.59. The van der Waals surface area contributed by atoms with Crippen LogP contribution < -0.4 is 20.3 Å². The lowest BCUT2D eigenvalue weighted by Gasteiger charge is -2.29. The number of rotatable bonds is 6. The maximum Gasteiger partial charge on any atom is 0.337 e. The van der Waals surface area contributed by atoms with Gasteiger partial charge in [-0.25, -0.2) is 9.78 Å². The molecule has 0 saturated carbocycles. The number of esters is 1. The smallest absolute Gasteiger partial charge is 0.337 e. The first kappa shape index (κ1) is 21.8. The van der Waals surface area contributed by atoms with E-state index < -0.39 is 11.9 Å². The average Bonchev–Trinajstić information content (AvgIpc) is 2.71. The summed E-state index contributed by atoms with van der Waals surface area (Å²) in [5.74, 6) is 0.288. The minimum absolute atomic E-state index is 0.305. The third-order valence-corrected chi connectivity index (χ3v) is 5.30. The highest BCUT2D eigenvalue weighted by molar-refractivity contribution is 7.98. The van der Waals surface area contributed by atoms with E-state index in [2.05, 4.69) is 15.3 Å². The molecule has 0 saturated heterocycles. The summed E-state index contributed by atoms with van der Waals surface area (Å²) in [7, 11) is 3.08. The van der Waals surface area contributed by atoms with E-state index in [4.69, 9.17) is 14.2 Å². The molecule has 1 aromatic carbocycles. The summed E-state index contributed by atoms with van der Waals surface area (Å²) in [6.07, 6.45) is 1.52. The molecule has 1 unspecified atom stereocenters. The van der Waals surface area contributed by atoms with Gasteiger partial charge in [-0.05, 0) is 44.7 Å². The molecule has 2 aromatic rings. The number of H-pyrrole nitrogens is 1. The van der Waals surface area contributed by atoms with Crippen LogP contribution in [0.4, 0.5) is 5.82 Å². The second-order valence-corrected chi connectivity index (χ2v) is 7.80. The molecule has 2 N–H and O–H groups in total. The van der Waals surface area contributed by atoms with Gasteiger partial charge in [0.2, 0.25) is 0 Å². The molecule has 3 rings (SSSR count). The molecule has 0 radical (unpaired) electrons. The van der Waals surface area contributed by atoms with Crippen LogP contribution in [0.5, 0.6) is 11.5 Å². The van der Waals surface area contributed by atoms with E-state index in [1.54, 1.807) is 46.1 Å². The number of fused-ring (bicyclic) bond motifs is 1. The third kappa shape index (κ3) is 4.02. The molecule has 0 aliphatic carbocycles. The van der Waals surface area contributed by atoms with Gasteiger partial charge in [0.1, 0.15) is 5.82 Å². The molecule has 1 aliphatic rings. The first-order valence-electron chi connectivity index (χ1n) is 9.39. The van der Waals surface area contributed by atoms with Crippen LogP contribution in [0.3, 0.4) is 0 Å². The molecular formula is C21H25N3O5S. The standard InChI is InChI=1S/C21H25N3O5S/c1-10(2)29-20(26)15-11(3)22-18-17(19(25)24-21(23-18)30-6)16(15)12-7-8-13(27-4)14(9-12)28-5/h7-10,16H,1-6H3,(H2,22,23,24,25). The van der Waals surface area contributed by atoms with Gasteiger partial charge in [-0.15, -0.1) is 0 Å². The number of nitrogens with one attached hydrogen (secondary N) is 2. The topological polar surface area (TPSA) is 103 Å². The van der Waals surface area contributed by atoms with E-state index in [-0.39, 0.29) is 11.7 Å². The maximum absolute atomic E-state index is 13.0. The minimum atomic E-state index is -0.681. The van der Waals surface area contributed by atoms with Crippen molar-refractivity contribution in [2.75, 3.05) is 25.8 Å². The highest BCUT2D eigenvalue weighted by Crippen LogP contribution is 2.42. The second-order valence-electron chi connectivity index (χ2n) is 7.00. The summed E-state index contributed by atoms with van der Waals surface area (Å²) in [4.78, 5) is 33.3. The Hall–Kier alpha value is -2.94. The summed E-state index contributed by atoms with van der Waals surface area (Å²) in [6, 6.07) is 5.31. The number of hydrogen-bond acceptors (Lipinski definition) is 8. The Morgan fingerprint density at radius 3 is 2.50 bits per heavy atom. The fourth-order valence-electron chi connectivity index (χ4n) is 3.44. The van der Waals surface area contributed by atoms with Crippen molar-refractivity contribution < 1.29 is 19.0 Å². The maximum atomic E-state index is 13.0. The summed E-state index contributed by atoms with van der Waals surface area (Å²) >= 11 is 1.33. The number of methoxy groups -OCH3 is 2. The number of hydrogen-bond donors (Lipinski definition) is 2. The van der Waals surface area contributed by atoms with Crippen LogP contribution in [0.2, 0.25) is 0 Å². The number of allylic oxidation sites excluding steroid dienone is 1. The Labute approximate surface area is 179 Å². The van der Waals surface area contributed by atoms with Crippen LogP contribution in [-0.4, -0.2) is 42.5 Å². The fourth-order valence-corrected chi connectivity index (χ4v) is 3.82. The number of carbonyl (C=O) groups is 1. The van der Waals surface area contributed by atoms with Gasteiger partial charge >= 0.3 is 5.97 Å². The number of benzene rings is 1. The number of aromatic nitrogens is 2. The number of aromatic amines is 1. The highest BCUT2D eigenvalue weighted by atomic mass is 32.2. The van der Waals surface area contributed by atoms with Gasteiger partial charge in [0, 0.05) is 5.70 Å². The molecule has 0 fully saturated rings. The van der Waals surface area contributed by atoms with Crippen molar-refractivity contribution in [3.05, 3.63) is 50.9 Å². The highest BCUT2D eigenvalue weighted by Gasteiger charge is 2.37. The SMILES string of the molecule is COc1ccc(C2C(C(=O)OC(C)C)=C(C)Nc3nc(SC)[nH]c(=O)c32)cc1OC. The fraction of sp³-hybridized carbons (Fsp3) is 0.381. The quantitative estimate of drug-likeness (QED) is 0.408. The Kier molecular flexibility index (Phi) is 6.40. The van der Waals surface area contributed by atoms with Gasteiger partial charge in [-0.3, -0.25) is 4.79 Å². The van der Waals surface area contributed by atoms with Crippen LogP contribution >= 0.6 is 11.8 Å². The molecule has 8 nitrogen and oxygen atoms in total. The van der Waals surface area contributed by atoms with Crippen molar-refractivity contribution in [2.45, 2.75) is 37.9 Å². The Balaban J connectivity index is 2.27. The molecule has 9 heteroatoms. The number of nitrogens with zero attached hydrogens (tertiary/aromatic N) is 1. The van der Waals surface area contributed by atoms with Gasteiger partial charge in [0.25, 0.3) is 5.56 Å². The second kappa shape index (κ2) is 8.83. The van der Waals surface area contributed by atoms with Gasteiger partial charge in [0.05, 0.1) is 37.4 Å². The van der Waals surface area contributed by atoms with Crippen LogP contribution in [-0.2, 0) is 9.53 Å². The van der Waals surface area contributed by atoms with Crippen LogP contribution in [0.25, 0.3) is 0 Å². The van der Waals surface area contributed by atoms with Crippen molar-refractivity contribution in [2.24, 2.45) is 0 Å². The molecule has 0 bridgehead atoms. The van der Waals surface area contributed by atoms with Gasteiger partial charge in [0.15, 0.2) is 16.7 Å². The summed E-state index contributed by atoms with van der Waals surface area (Å²) < 4.78 is 16.2. The summed E-state index contributed by atoms with van der Waals surface area (Å²) in [5.41, 5.74) is 1.65. The zero-order valence-corrected chi connectivity index (χ0v) is 18.6. The minimum Gasteiger partial charge on any atom is -0.493 e. The van der Waals surface area contributed by atoms with E-state index in [0.29, 0.717) is 44.9 Å². The first-order chi connectivity index (χ1) is 14.3. The van der Waals surface area contributed by atoms with E-state index in [1.165, 1.54) is 18.9 Å². The molecular weight excluding hydrogens is 406 g/mol. The predicted molar refractivity (Wildman–Crippen MR) is 116 cm³/mol. The molecule has 2 heterocycles. The van der Waals surface area contributed by atoms with Crippen LogP contribution in [0.15, 0.2) is 39.4 Å². The number of thioether (sulfide) groups is 1. The van der Waals surface area contributed by atoms with Gasteiger partial charge in [-0.1, -0.05) is 17.8 Å². The zero-order chi connectivity index (χ0) is 22.0. The van der Waals surface area contributed by atoms with Gasteiger partial charge in [-0.2, -0.15) is 0 Å². The largest absolute Gasteiger partial charge is 0.493 e. The summed E-state index contributed by atoms with van der Waals surface area (Å²) in [6.45, 7) is 5.33. The van der Waals surface area contributed by atoms with Crippen LogP contribution in [0.1, 0.15) is 37.8 Å². The van der Waals surface area contributed by atoms with Crippen molar-refractivity contribution in [3.63, 3.8) is 0 Å². The average molecular weight is 432 g/mol. The number of carbonyl (C=O) groups excluding carboxylic acids is 1. The van der Waals surface area contributed by atoms with Crippen LogP contribution in [0, 0.1) is 0 Å². The molecule has 0 amide bonds. The zero-order valence-electron chi connectivity index (χ0n) is 17.8. The Bertz CT molecular complexity index is 1060. The number of anilines is 1. The lowest BCUT2D eigenvalue weighted by molar-refractivity contribution is -0.143. The van der Waals surface area contributed by atoms with E-state index in [1.807, 2.05) is 6.26 Å². The molecule has 30 heavy (non-hydrogen) atoms. The Morgan fingerprint density at radius 1 is 1.20 bits per heavy atom. The molecule has 1 aromatic heterocycles. The van der Waals surface area contributed by atoms with Crippen molar-refractivity contribution in [1.82, 2.24) is 9.97 Å². The van der Waals surface area contributed by atoms with Gasteiger partial charge < -0.3 is 24.5 Å². The molecule has 160 valence electrons. The molecule has 1 aliphatic heterocycles. The lowest BCUT2D eigenvalue weighted by atomic mass is 9.82. The molecule has 0 spiro atoms.